The summed E-state index contributed by atoms with van der Waals surface area (Å²) >= 11 is 0. The van der Waals surface area contributed by atoms with Crippen molar-refractivity contribution in [2.45, 2.75) is 13.0 Å². The highest BCUT2D eigenvalue weighted by Gasteiger charge is 2.10. The molecule has 0 saturated heterocycles. The van der Waals surface area contributed by atoms with E-state index in [1.807, 2.05) is 29.0 Å². The third-order valence-corrected chi connectivity index (χ3v) is 3.23. The summed E-state index contributed by atoms with van der Waals surface area (Å²) in [6.07, 6.45) is 2.84. The Bertz CT molecular complexity index is 578. The van der Waals surface area contributed by atoms with Crippen LogP contribution in [-0.2, 0) is 22.5 Å². The predicted octanol–water partition coefficient (Wildman–Crippen LogP) is 0.905. The van der Waals surface area contributed by atoms with Crippen molar-refractivity contribution in [3.8, 4) is 0 Å². The van der Waals surface area contributed by atoms with Gasteiger partial charge in [0.2, 0.25) is 5.91 Å². The third-order valence-electron chi connectivity index (χ3n) is 3.23. The van der Waals surface area contributed by atoms with Gasteiger partial charge >= 0.3 is 0 Å². The van der Waals surface area contributed by atoms with E-state index in [9.17, 15) is 4.79 Å². The number of para-hydroxylation sites is 1. The van der Waals surface area contributed by atoms with Crippen molar-refractivity contribution in [3.05, 3.63) is 36.0 Å². The van der Waals surface area contributed by atoms with Crippen molar-refractivity contribution in [2.75, 3.05) is 26.8 Å². The molecule has 2 aromatic rings. The summed E-state index contributed by atoms with van der Waals surface area (Å²) in [6, 6.07) is 8.08. The Labute approximate surface area is 118 Å². The van der Waals surface area contributed by atoms with Gasteiger partial charge in [0.15, 0.2) is 0 Å². The summed E-state index contributed by atoms with van der Waals surface area (Å²) in [6.45, 7) is 1.98. The summed E-state index contributed by atoms with van der Waals surface area (Å²) in [5, 5.41) is 4.00. The average molecular weight is 275 g/mol. The number of nitrogens with two attached hydrogens (primary N) is 1. The second kappa shape index (κ2) is 7.07. The van der Waals surface area contributed by atoms with Crippen molar-refractivity contribution >= 4 is 16.8 Å². The Balaban J connectivity index is 2.15. The fraction of sp³-hybridized carbons (Fsp3) is 0.400. The molecule has 0 spiro atoms. The molecule has 0 saturated carbocycles. The van der Waals surface area contributed by atoms with Crippen LogP contribution in [0.1, 0.15) is 5.56 Å². The highest BCUT2D eigenvalue weighted by Crippen LogP contribution is 2.21. The minimum absolute atomic E-state index is 0.0119. The van der Waals surface area contributed by atoms with Crippen molar-refractivity contribution in [1.82, 2.24) is 9.88 Å². The van der Waals surface area contributed by atoms with Gasteiger partial charge in [-0.2, -0.15) is 0 Å². The molecular formula is C15H21N3O2. The van der Waals surface area contributed by atoms with Crippen LogP contribution in [0, 0.1) is 0 Å². The number of hydrogen-bond donors (Lipinski definition) is 2. The number of carbonyl (C=O) groups excluding carboxylic acids is 1. The van der Waals surface area contributed by atoms with Crippen molar-refractivity contribution in [1.29, 1.82) is 0 Å². The Hall–Kier alpha value is -1.85. The summed E-state index contributed by atoms with van der Waals surface area (Å²) in [7, 11) is 1.62. The molecule has 1 amide bonds. The second-order valence-corrected chi connectivity index (χ2v) is 4.68. The van der Waals surface area contributed by atoms with Crippen LogP contribution in [0.5, 0.6) is 0 Å². The zero-order valence-electron chi connectivity index (χ0n) is 11.8. The molecule has 0 aliphatic carbocycles. The van der Waals surface area contributed by atoms with E-state index in [2.05, 4.69) is 11.4 Å². The first kappa shape index (κ1) is 14.6. The predicted molar refractivity (Wildman–Crippen MR) is 79.6 cm³/mol. The van der Waals surface area contributed by atoms with Gasteiger partial charge in [-0.3, -0.25) is 4.79 Å². The summed E-state index contributed by atoms with van der Waals surface area (Å²) in [5.74, 6) is -0.0119. The number of methoxy groups -OCH3 is 1. The summed E-state index contributed by atoms with van der Waals surface area (Å²) in [5.41, 5.74) is 7.90. The Morgan fingerprint density at radius 2 is 2.20 bits per heavy atom. The second-order valence-electron chi connectivity index (χ2n) is 4.68. The maximum absolute atomic E-state index is 11.9. The molecule has 0 aliphatic rings. The number of carbonyl (C=O) groups is 1. The van der Waals surface area contributed by atoms with Gasteiger partial charge in [-0.25, -0.2) is 0 Å². The van der Waals surface area contributed by atoms with E-state index in [1.54, 1.807) is 7.11 Å². The molecule has 0 aliphatic heterocycles. The number of ether oxygens (including phenoxy) is 1. The van der Waals surface area contributed by atoms with Crippen LogP contribution in [0.3, 0.4) is 0 Å². The number of nitrogens with one attached hydrogen (secondary N) is 1. The van der Waals surface area contributed by atoms with Gasteiger partial charge in [-0.05, 0) is 24.6 Å². The third kappa shape index (κ3) is 3.37. The molecule has 5 nitrogen and oxygen atoms in total. The van der Waals surface area contributed by atoms with Crippen molar-refractivity contribution in [2.24, 2.45) is 5.73 Å². The zero-order chi connectivity index (χ0) is 14.4. The Morgan fingerprint density at radius 1 is 1.40 bits per heavy atom. The van der Waals surface area contributed by atoms with Gasteiger partial charge in [0, 0.05) is 30.8 Å². The molecule has 2 rings (SSSR count). The van der Waals surface area contributed by atoms with E-state index in [0.29, 0.717) is 26.2 Å². The van der Waals surface area contributed by atoms with E-state index in [0.717, 1.165) is 11.9 Å². The molecule has 1 heterocycles. The van der Waals surface area contributed by atoms with E-state index < -0.39 is 0 Å². The smallest absolute Gasteiger partial charge is 0.240 e. The first-order chi connectivity index (χ1) is 9.76. The van der Waals surface area contributed by atoms with Crippen LogP contribution in [0.25, 0.3) is 10.9 Å². The molecular weight excluding hydrogens is 254 g/mol. The minimum atomic E-state index is -0.0119. The van der Waals surface area contributed by atoms with Crippen LogP contribution in [0.4, 0.5) is 0 Å². The molecule has 1 aromatic heterocycles. The molecule has 0 fully saturated rings. The lowest BCUT2D eigenvalue weighted by Gasteiger charge is -2.06. The van der Waals surface area contributed by atoms with Crippen molar-refractivity contribution < 1.29 is 9.53 Å². The lowest BCUT2D eigenvalue weighted by atomic mass is 10.1. The summed E-state index contributed by atoms with van der Waals surface area (Å²) < 4.78 is 6.89. The fourth-order valence-corrected chi connectivity index (χ4v) is 2.31. The molecule has 0 bridgehead atoms. The van der Waals surface area contributed by atoms with E-state index in [-0.39, 0.29) is 5.91 Å². The molecule has 1 aromatic carbocycles. The van der Waals surface area contributed by atoms with E-state index in [1.165, 1.54) is 10.9 Å². The van der Waals surface area contributed by atoms with Gasteiger partial charge in [-0.15, -0.1) is 0 Å². The minimum Gasteiger partial charge on any atom is -0.383 e. The monoisotopic (exact) mass is 275 g/mol. The SMILES string of the molecule is COCCNC(=O)Cn1cc(CCN)c2ccccc21. The lowest BCUT2D eigenvalue weighted by molar-refractivity contribution is -0.121. The fourth-order valence-electron chi connectivity index (χ4n) is 2.31. The number of aromatic nitrogens is 1. The number of hydrogen-bond acceptors (Lipinski definition) is 3. The highest BCUT2D eigenvalue weighted by molar-refractivity contribution is 5.86. The van der Waals surface area contributed by atoms with Gasteiger partial charge in [0.05, 0.1) is 6.61 Å². The average Bonchev–Trinajstić information content (AvgIpc) is 2.78. The lowest BCUT2D eigenvalue weighted by Crippen LogP contribution is -2.30. The number of rotatable bonds is 7. The van der Waals surface area contributed by atoms with Gasteiger partial charge in [0.1, 0.15) is 6.54 Å². The first-order valence-electron chi connectivity index (χ1n) is 6.78. The molecule has 0 unspecified atom stereocenters. The molecule has 0 radical (unpaired) electrons. The van der Waals surface area contributed by atoms with Crippen LogP contribution in [0.2, 0.25) is 0 Å². The molecule has 108 valence electrons. The van der Waals surface area contributed by atoms with Gasteiger partial charge in [0.25, 0.3) is 0 Å². The number of amides is 1. The quantitative estimate of drug-likeness (QED) is 0.738. The van der Waals surface area contributed by atoms with E-state index in [4.69, 9.17) is 10.5 Å². The van der Waals surface area contributed by atoms with Crippen LogP contribution >= 0.6 is 0 Å². The van der Waals surface area contributed by atoms with Crippen LogP contribution < -0.4 is 11.1 Å². The maximum Gasteiger partial charge on any atom is 0.240 e. The molecule has 0 atom stereocenters. The Kier molecular flexibility index (Phi) is 5.15. The zero-order valence-corrected chi connectivity index (χ0v) is 11.8. The normalized spacial score (nSPS) is 10.9. The largest absolute Gasteiger partial charge is 0.383 e. The number of benzene rings is 1. The standard InChI is InChI=1S/C15H21N3O2/c1-20-9-8-17-15(19)11-18-10-12(6-7-16)13-4-2-3-5-14(13)18/h2-5,10H,6-9,11,16H2,1H3,(H,17,19). The van der Waals surface area contributed by atoms with E-state index >= 15 is 0 Å². The van der Waals surface area contributed by atoms with Crippen LogP contribution in [0.15, 0.2) is 30.5 Å². The molecule has 5 heteroatoms. The Morgan fingerprint density at radius 3 is 2.95 bits per heavy atom. The van der Waals surface area contributed by atoms with Crippen LogP contribution in [-0.4, -0.2) is 37.3 Å². The molecule has 20 heavy (non-hydrogen) atoms. The molecule has 3 N–H and O–H groups in total. The highest BCUT2D eigenvalue weighted by atomic mass is 16.5. The summed E-state index contributed by atoms with van der Waals surface area (Å²) in [4.78, 5) is 11.9. The first-order valence-corrected chi connectivity index (χ1v) is 6.78. The maximum atomic E-state index is 11.9. The topological polar surface area (TPSA) is 69.3 Å². The van der Waals surface area contributed by atoms with Gasteiger partial charge < -0.3 is 20.4 Å². The van der Waals surface area contributed by atoms with Crippen molar-refractivity contribution in [3.63, 3.8) is 0 Å². The van der Waals surface area contributed by atoms with Gasteiger partial charge in [-0.1, -0.05) is 18.2 Å². The number of fused-ring (bicyclic) bond motifs is 1. The number of nitrogens with zero attached hydrogens (tertiary/aromatic N) is 1.